The summed E-state index contributed by atoms with van der Waals surface area (Å²) >= 11 is 0.850. The summed E-state index contributed by atoms with van der Waals surface area (Å²) in [5, 5.41) is 101. The summed E-state index contributed by atoms with van der Waals surface area (Å²) in [6, 6.07) is -7.19. The number of carbonyl (C=O) groups is 14. The van der Waals surface area contributed by atoms with Gasteiger partial charge in [0.1, 0.15) is 54.3 Å². The number of aromatic hydroxyl groups is 1. The molecule has 14 atom stereocenters. The average molecular weight is 1380 g/mol. The van der Waals surface area contributed by atoms with E-state index in [4.69, 9.17) is 22.6 Å². The minimum absolute atomic E-state index is 0.0103. The lowest BCUT2D eigenvalue weighted by Crippen LogP contribution is -2.61. The molecule has 0 spiro atoms. The first kappa shape index (κ1) is 81.7. The van der Waals surface area contributed by atoms with Gasteiger partial charge in [-0.25, -0.2) is 0 Å². The number of carboxylic acids is 1. The molecule has 536 valence electrons. The Kier molecular flexibility index (Phi) is 34.7. The van der Waals surface area contributed by atoms with Crippen molar-refractivity contribution in [1.82, 2.24) is 63.0 Å². The van der Waals surface area contributed by atoms with Crippen molar-refractivity contribution in [1.29, 1.82) is 5.41 Å². The Hall–Kier alpha value is -8.50. The third-order valence-corrected chi connectivity index (χ3v) is 16.7. The maximum atomic E-state index is 14.3. The largest absolute Gasteiger partial charge is 0.508 e. The topological polar surface area (TPSA) is 609 Å². The molecule has 1 aromatic rings. The number of guanidine groups is 1. The number of aliphatic hydroxyl groups excluding tert-OH is 5. The molecule has 0 saturated carbocycles. The van der Waals surface area contributed by atoms with Gasteiger partial charge >= 0.3 is 5.97 Å². The Morgan fingerprint density at radius 2 is 1.32 bits per heavy atom. The maximum absolute atomic E-state index is 14.3. The highest BCUT2D eigenvalue weighted by molar-refractivity contribution is 8.00. The van der Waals surface area contributed by atoms with Gasteiger partial charge in [-0.2, -0.15) is 0 Å². The number of nitrogens with zero attached hydrogens (tertiary/aromatic N) is 2. The first-order valence-electron chi connectivity index (χ1n) is 30.9. The summed E-state index contributed by atoms with van der Waals surface area (Å²) in [6.45, 7) is 4.79. The number of primary amides is 1. The number of phenolic OH excluding ortho intramolecular Hbond substituents is 1. The van der Waals surface area contributed by atoms with E-state index in [0.717, 1.165) is 16.7 Å². The number of hydrogen-bond donors (Lipinski definition) is 21. The maximum Gasteiger partial charge on any atom is 0.305 e. The highest BCUT2D eigenvalue weighted by Crippen LogP contribution is 2.27. The number of piperidine rings is 1. The van der Waals surface area contributed by atoms with Crippen LogP contribution in [0.3, 0.4) is 0 Å². The smallest absolute Gasteiger partial charge is 0.305 e. The molecule has 1 aromatic carbocycles. The Bertz CT molecular complexity index is 2900. The number of unbranched alkanes of at least 4 members (excludes halogenated alkanes) is 1. The second-order valence-corrected chi connectivity index (χ2v) is 24.8. The molecule has 2 aliphatic rings. The number of carboxylic acid groups (broad SMARTS) is 1. The molecule has 0 aliphatic carbocycles. The number of hydrogen-bond acceptors (Lipinski definition) is 25. The number of benzene rings is 1. The fourth-order valence-electron chi connectivity index (χ4n) is 10.0. The fraction of sp³-hybridized carbons (Fsp3) is 0.638. The number of thioether (sulfide) groups is 1. The number of rotatable bonds is 42. The summed E-state index contributed by atoms with van der Waals surface area (Å²) in [4.78, 5) is 187. The van der Waals surface area contributed by atoms with Gasteiger partial charge in [0.15, 0.2) is 12.2 Å². The zero-order valence-electron chi connectivity index (χ0n) is 53.7. The van der Waals surface area contributed by atoms with Crippen LogP contribution < -0.4 is 70.4 Å². The first-order chi connectivity index (χ1) is 45.2. The molecule has 37 nitrogen and oxygen atoms in total. The van der Waals surface area contributed by atoms with Gasteiger partial charge in [-0.1, -0.05) is 32.9 Å². The van der Waals surface area contributed by atoms with E-state index in [2.05, 4.69) is 47.9 Å². The van der Waals surface area contributed by atoms with Crippen molar-refractivity contribution in [3.8, 4) is 5.75 Å². The number of aliphatic hydroxyl groups is 5. The molecular weight excluding hydrogens is 1290 g/mol. The van der Waals surface area contributed by atoms with E-state index < -0.39 is 206 Å². The molecule has 0 bridgehead atoms. The molecule has 12 amide bonds. The van der Waals surface area contributed by atoms with Gasteiger partial charge < -0.3 is 95.5 Å². The molecule has 2 saturated heterocycles. The van der Waals surface area contributed by atoms with Crippen LogP contribution in [0.5, 0.6) is 5.75 Å². The van der Waals surface area contributed by atoms with Crippen LogP contribution in [0, 0.1) is 17.2 Å². The van der Waals surface area contributed by atoms with Gasteiger partial charge in [0, 0.05) is 50.6 Å². The van der Waals surface area contributed by atoms with Crippen molar-refractivity contribution in [3.05, 3.63) is 29.8 Å². The van der Waals surface area contributed by atoms with Crippen LogP contribution in [0.25, 0.3) is 0 Å². The molecular formula is C58H92N16O21S. The number of amides is 12. The van der Waals surface area contributed by atoms with Crippen LogP contribution in [0.1, 0.15) is 91.0 Å². The van der Waals surface area contributed by atoms with Crippen molar-refractivity contribution < 1.29 is 103 Å². The Morgan fingerprint density at radius 3 is 1.91 bits per heavy atom. The minimum atomic E-state index is -2.07. The lowest BCUT2D eigenvalue weighted by Gasteiger charge is -2.44. The fourth-order valence-corrected chi connectivity index (χ4v) is 11.1. The first-order valence-corrected chi connectivity index (χ1v) is 32.0. The van der Waals surface area contributed by atoms with Crippen molar-refractivity contribution in [2.45, 2.75) is 170 Å². The van der Waals surface area contributed by atoms with E-state index >= 15 is 0 Å². The number of β-amino-alcohol motifs (C(OH)–C–C–N with tert-alkyl or cyclic N) is 1. The van der Waals surface area contributed by atoms with Crippen LogP contribution in [0.15, 0.2) is 24.3 Å². The standard InChI is InChI=1S/C58H92N16O21S/c1-28(2)18-35(66-45(82)22-64-56(94)41(80)27-96-42-21-46(83)74(57(42)95)17-6-5-16-73-23-40(79)29(3)48(86)39(73)25-76)52(90)67-33(8-7-15-63-58(61)62)50(88)68-34(13-14-44(60)81)51(89)69-36(19-31-9-11-32(78)12-10-31)53(91)72-54(92)37(20-47(84)85)70-55(93)38(24-75)65-30(4)49(87)71-43(59)26-77/h9-12,26,28-30,33-43,48,65,75-76,78-80,86H,5-8,13-25,27,59H2,1-4H3,(H2,60,81)(H,64,94)(H,66,82)(H,67,90)(H,68,88)(H,69,89)(H,70,93)(H,71,87)(H,84,85)(H4,61,62,63)(H,72,91,92)/t29-,30?,33?,34?,35?,36?,37?,38?,39-,40+,41?,42?,43?,48+/m1/s1. The lowest BCUT2D eigenvalue weighted by atomic mass is 9.87. The lowest BCUT2D eigenvalue weighted by molar-refractivity contribution is -0.143. The van der Waals surface area contributed by atoms with Crippen molar-refractivity contribution in [3.63, 3.8) is 0 Å². The van der Waals surface area contributed by atoms with Gasteiger partial charge in [0.25, 0.3) is 0 Å². The van der Waals surface area contributed by atoms with E-state index in [-0.39, 0.29) is 81.2 Å². The number of likely N-dealkylation sites (tertiary alicyclic amines) is 2. The minimum Gasteiger partial charge on any atom is -0.508 e. The summed E-state index contributed by atoms with van der Waals surface area (Å²) < 4.78 is 0. The van der Waals surface area contributed by atoms with Crippen LogP contribution in [0.4, 0.5) is 0 Å². The normalized spacial score (nSPS) is 19.9. The van der Waals surface area contributed by atoms with Gasteiger partial charge in [-0.3, -0.25) is 93.0 Å². The Balaban J connectivity index is 1.76. The third-order valence-electron chi connectivity index (χ3n) is 15.4. The van der Waals surface area contributed by atoms with Crippen LogP contribution in [-0.4, -0.2) is 264 Å². The molecule has 96 heavy (non-hydrogen) atoms. The summed E-state index contributed by atoms with van der Waals surface area (Å²) in [6.07, 6.45) is -7.22. The molecule has 2 fully saturated rings. The van der Waals surface area contributed by atoms with E-state index in [1.807, 2.05) is 5.32 Å². The predicted molar refractivity (Wildman–Crippen MR) is 339 cm³/mol. The number of nitrogens with two attached hydrogens (primary N) is 3. The molecule has 0 radical (unpaired) electrons. The highest BCUT2D eigenvalue weighted by Gasteiger charge is 2.42. The highest BCUT2D eigenvalue weighted by atomic mass is 32.2. The van der Waals surface area contributed by atoms with E-state index in [9.17, 15) is 103 Å². The van der Waals surface area contributed by atoms with Crippen molar-refractivity contribution in [2.75, 3.05) is 51.7 Å². The number of aldehydes is 1. The van der Waals surface area contributed by atoms with E-state index in [1.54, 1.807) is 25.7 Å². The molecule has 24 N–H and O–H groups in total. The monoisotopic (exact) mass is 1380 g/mol. The number of nitrogens with one attached hydrogen (secondary N) is 11. The second-order valence-electron chi connectivity index (χ2n) is 23.6. The van der Waals surface area contributed by atoms with E-state index in [1.165, 1.54) is 31.2 Å². The van der Waals surface area contributed by atoms with Gasteiger partial charge in [-0.15, -0.1) is 11.8 Å². The molecule has 38 heteroatoms. The van der Waals surface area contributed by atoms with Crippen LogP contribution in [0.2, 0.25) is 0 Å². The van der Waals surface area contributed by atoms with Crippen molar-refractivity contribution >= 4 is 101 Å². The number of aliphatic carboxylic acids is 1. The number of carbonyl (C=O) groups excluding carboxylic acids is 13. The average Bonchev–Trinajstić information content (AvgIpc) is 1.13. The molecule has 0 aromatic heterocycles. The zero-order chi connectivity index (χ0) is 72.1. The SMILES string of the molecule is CC(C)CC(NC(=O)CNC(=O)C(O)CSC1CC(=O)N(CCCCN2C[C@H](O)[C@@H](C)[C@H](O)[C@H]2CO)C1=O)C(=O)NC(CCCNC(=N)N)C(=O)NC(CCC(N)=O)C(=O)NC(Cc1ccc(O)cc1)C(=O)NC(=O)C(CC(=O)O)NC(=O)C(CO)NC(C)C(=O)NC(N)C=O. The molecule has 10 unspecified atom stereocenters. The summed E-state index contributed by atoms with van der Waals surface area (Å²) in [5.74, 6) is -15.6. The summed E-state index contributed by atoms with van der Waals surface area (Å²) in [7, 11) is 0. The summed E-state index contributed by atoms with van der Waals surface area (Å²) in [5.41, 5.74) is 16.5. The zero-order valence-corrected chi connectivity index (χ0v) is 54.5. The number of imide groups is 2. The van der Waals surface area contributed by atoms with Crippen LogP contribution >= 0.6 is 11.8 Å². The molecule has 2 aliphatic heterocycles. The quantitative estimate of drug-likeness (QED) is 0.00722. The Labute approximate surface area is 556 Å². The predicted octanol–water partition coefficient (Wildman–Crippen LogP) is -8.86. The Morgan fingerprint density at radius 1 is 0.740 bits per heavy atom. The number of phenols is 1. The van der Waals surface area contributed by atoms with Gasteiger partial charge in [0.2, 0.25) is 70.9 Å². The molecule has 2 heterocycles. The van der Waals surface area contributed by atoms with Crippen molar-refractivity contribution in [2.24, 2.45) is 29.0 Å². The van der Waals surface area contributed by atoms with Crippen LogP contribution in [-0.2, 0) is 73.5 Å². The second kappa shape index (κ2) is 40.8. The van der Waals surface area contributed by atoms with Gasteiger partial charge in [-0.05, 0) is 75.6 Å². The molecule has 3 rings (SSSR count). The third kappa shape index (κ3) is 27.7. The van der Waals surface area contributed by atoms with Gasteiger partial charge in [0.05, 0.1) is 55.7 Å². The van der Waals surface area contributed by atoms with E-state index in [0.29, 0.717) is 19.4 Å².